The number of hydrogen-bond donors (Lipinski definition) is 0. The Labute approximate surface area is 150 Å². The molecule has 2 aromatic rings. The predicted octanol–water partition coefficient (Wildman–Crippen LogP) is 5.87. The summed E-state index contributed by atoms with van der Waals surface area (Å²) >= 11 is 6.30. The minimum absolute atomic E-state index is 0.516. The quantitative estimate of drug-likeness (QED) is 0.476. The number of alkyl halides is 3. The van der Waals surface area contributed by atoms with Crippen LogP contribution in [-0.2, 0) is 12.6 Å². The smallest absolute Gasteiger partial charge is 0.366 e. The van der Waals surface area contributed by atoms with Gasteiger partial charge in [-0.2, -0.15) is 13.2 Å². The highest BCUT2D eigenvalue weighted by molar-refractivity contribution is 6.33. The van der Waals surface area contributed by atoms with Gasteiger partial charge in [-0.25, -0.2) is 4.99 Å². The monoisotopic (exact) mass is 368 g/mol. The first-order valence-electron chi connectivity index (χ1n) is 7.90. The van der Waals surface area contributed by atoms with E-state index in [-0.39, 0.29) is 0 Å². The summed E-state index contributed by atoms with van der Waals surface area (Å²) in [5.74, 6) is 0. The number of nitrogens with zero attached hydrogens (tertiary/aromatic N) is 2. The van der Waals surface area contributed by atoms with Gasteiger partial charge in [0, 0.05) is 13.6 Å². The van der Waals surface area contributed by atoms with Crippen molar-refractivity contribution in [1.29, 1.82) is 0 Å². The highest BCUT2D eigenvalue weighted by Gasteiger charge is 2.29. The van der Waals surface area contributed by atoms with Crippen LogP contribution in [0.1, 0.15) is 29.2 Å². The molecular formula is C19H20ClF3N2. The third kappa shape index (κ3) is 5.23. The number of aryl methyl sites for hydroxylation is 1. The molecule has 0 saturated heterocycles. The summed E-state index contributed by atoms with van der Waals surface area (Å²) in [7, 11) is 1.92. The summed E-state index contributed by atoms with van der Waals surface area (Å²) in [5, 5.41) is 0.522. The topological polar surface area (TPSA) is 15.6 Å². The van der Waals surface area contributed by atoms with E-state index in [1.165, 1.54) is 12.1 Å². The zero-order valence-corrected chi connectivity index (χ0v) is 15.1. The molecule has 0 radical (unpaired) electrons. The molecule has 134 valence electrons. The summed E-state index contributed by atoms with van der Waals surface area (Å²) in [4.78, 5) is 6.30. The predicted molar refractivity (Wildman–Crippen MR) is 96.9 cm³/mol. The lowest BCUT2D eigenvalue weighted by molar-refractivity contribution is -0.137. The SMILES string of the molecule is CCN(C)/C=N\c1cc(C)c(Cc2ccc(C(F)(F)F)cc2)cc1Cl. The molecule has 0 heterocycles. The Bertz CT molecular complexity index is 752. The third-order valence-electron chi connectivity index (χ3n) is 3.97. The van der Waals surface area contributed by atoms with Crippen LogP contribution in [0, 0.1) is 6.92 Å². The van der Waals surface area contributed by atoms with Gasteiger partial charge < -0.3 is 4.90 Å². The second-order valence-corrected chi connectivity index (χ2v) is 6.33. The molecular weight excluding hydrogens is 349 g/mol. The summed E-state index contributed by atoms with van der Waals surface area (Å²) < 4.78 is 37.9. The van der Waals surface area contributed by atoms with E-state index in [4.69, 9.17) is 11.6 Å². The molecule has 0 unspecified atom stereocenters. The lowest BCUT2D eigenvalue weighted by Gasteiger charge is -2.12. The maximum Gasteiger partial charge on any atom is 0.416 e. The van der Waals surface area contributed by atoms with Gasteiger partial charge in [-0.1, -0.05) is 23.7 Å². The molecule has 0 saturated carbocycles. The van der Waals surface area contributed by atoms with Gasteiger partial charge in [-0.3, -0.25) is 0 Å². The van der Waals surface area contributed by atoms with Crippen molar-refractivity contribution in [2.24, 2.45) is 4.99 Å². The Balaban J connectivity index is 2.20. The fraction of sp³-hybridized carbons (Fsp3) is 0.316. The van der Waals surface area contributed by atoms with Gasteiger partial charge in [-0.05, 0) is 61.2 Å². The van der Waals surface area contributed by atoms with E-state index in [0.29, 0.717) is 17.1 Å². The molecule has 0 aliphatic carbocycles. The number of rotatable bonds is 5. The van der Waals surface area contributed by atoms with Crippen LogP contribution < -0.4 is 0 Å². The molecule has 0 atom stereocenters. The van der Waals surface area contributed by atoms with Crippen molar-refractivity contribution in [3.63, 3.8) is 0 Å². The van der Waals surface area contributed by atoms with Crippen molar-refractivity contribution in [3.05, 3.63) is 63.7 Å². The Hall–Kier alpha value is -2.01. The van der Waals surface area contributed by atoms with Gasteiger partial charge in [-0.15, -0.1) is 0 Å². The standard InChI is InChI=1S/C19H20ClF3N2/c1-4-25(3)12-24-18-9-13(2)15(11-17(18)20)10-14-5-7-16(8-6-14)19(21,22)23/h5-9,11-12H,4,10H2,1-3H3/b24-12-. The van der Waals surface area contributed by atoms with Gasteiger partial charge in [0.05, 0.1) is 22.6 Å². The lowest BCUT2D eigenvalue weighted by Crippen LogP contribution is -2.14. The van der Waals surface area contributed by atoms with E-state index < -0.39 is 11.7 Å². The fourth-order valence-electron chi connectivity index (χ4n) is 2.27. The molecule has 0 aliphatic heterocycles. The van der Waals surface area contributed by atoms with Crippen LogP contribution in [0.15, 0.2) is 41.4 Å². The van der Waals surface area contributed by atoms with Crippen LogP contribution in [0.4, 0.5) is 18.9 Å². The largest absolute Gasteiger partial charge is 0.416 e. The van der Waals surface area contributed by atoms with Crippen molar-refractivity contribution in [1.82, 2.24) is 4.90 Å². The van der Waals surface area contributed by atoms with Crippen molar-refractivity contribution in [2.75, 3.05) is 13.6 Å². The third-order valence-corrected chi connectivity index (χ3v) is 4.28. The van der Waals surface area contributed by atoms with Crippen molar-refractivity contribution in [2.45, 2.75) is 26.4 Å². The van der Waals surface area contributed by atoms with Crippen molar-refractivity contribution in [3.8, 4) is 0 Å². The van der Waals surface area contributed by atoms with E-state index in [1.54, 1.807) is 6.34 Å². The van der Waals surface area contributed by atoms with Gasteiger partial charge in [0.1, 0.15) is 0 Å². The van der Waals surface area contributed by atoms with Crippen molar-refractivity contribution < 1.29 is 13.2 Å². The van der Waals surface area contributed by atoms with Gasteiger partial charge in [0.15, 0.2) is 0 Å². The van der Waals surface area contributed by atoms with Crippen LogP contribution in [0.25, 0.3) is 0 Å². The van der Waals surface area contributed by atoms with Crippen LogP contribution >= 0.6 is 11.6 Å². The molecule has 0 amide bonds. The van der Waals surface area contributed by atoms with Gasteiger partial charge >= 0.3 is 6.18 Å². The van der Waals surface area contributed by atoms with Crippen molar-refractivity contribution >= 4 is 23.6 Å². The maximum atomic E-state index is 12.6. The number of halogens is 4. The zero-order valence-electron chi connectivity index (χ0n) is 14.4. The molecule has 0 N–H and O–H groups in total. The molecule has 0 bridgehead atoms. The number of benzene rings is 2. The molecule has 2 rings (SSSR count). The fourth-order valence-corrected chi connectivity index (χ4v) is 2.51. The molecule has 0 aliphatic rings. The Morgan fingerprint density at radius 1 is 1.16 bits per heavy atom. The molecule has 6 heteroatoms. The molecule has 2 nitrogen and oxygen atoms in total. The Morgan fingerprint density at radius 3 is 2.36 bits per heavy atom. The highest BCUT2D eigenvalue weighted by Crippen LogP contribution is 2.31. The minimum atomic E-state index is -4.32. The molecule has 0 aromatic heterocycles. The summed E-state index contributed by atoms with van der Waals surface area (Å²) in [6.07, 6.45) is -2.08. The maximum absolute atomic E-state index is 12.6. The molecule has 0 spiro atoms. The highest BCUT2D eigenvalue weighted by atomic mass is 35.5. The second-order valence-electron chi connectivity index (χ2n) is 5.92. The summed E-state index contributed by atoms with van der Waals surface area (Å²) in [5.41, 5.74) is 2.80. The first kappa shape index (κ1) is 19.3. The average Bonchev–Trinajstić information content (AvgIpc) is 2.56. The molecule has 0 fully saturated rings. The van der Waals surface area contributed by atoms with E-state index in [1.807, 2.05) is 37.9 Å². The van der Waals surface area contributed by atoms with Gasteiger partial charge in [0.25, 0.3) is 0 Å². The second kappa shape index (κ2) is 7.91. The first-order valence-corrected chi connectivity index (χ1v) is 8.28. The molecule has 25 heavy (non-hydrogen) atoms. The Morgan fingerprint density at radius 2 is 1.80 bits per heavy atom. The van der Waals surface area contributed by atoms with E-state index in [0.717, 1.165) is 35.4 Å². The normalized spacial score (nSPS) is 12.0. The average molecular weight is 369 g/mol. The van der Waals surface area contributed by atoms with E-state index in [2.05, 4.69) is 4.99 Å². The lowest BCUT2D eigenvalue weighted by atomic mass is 9.99. The Kier molecular flexibility index (Phi) is 6.11. The van der Waals surface area contributed by atoms with Crippen LogP contribution in [0.5, 0.6) is 0 Å². The van der Waals surface area contributed by atoms with Crippen LogP contribution in [0.3, 0.4) is 0 Å². The molecule has 2 aromatic carbocycles. The minimum Gasteiger partial charge on any atom is -0.366 e. The van der Waals surface area contributed by atoms with E-state index in [9.17, 15) is 13.2 Å². The van der Waals surface area contributed by atoms with E-state index >= 15 is 0 Å². The zero-order chi connectivity index (χ0) is 18.6. The summed E-state index contributed by atoms with van der Waals surface area (Å²) in [6.45, 7) is 4.80. The van der Waals surface area contributed by atoms with Crippen LogP contribution in [-0.4, -0.2) is 24.8 Å². The first-order chi connectivity index (χ1) is 11.7. The van der Waals surface area contributed by atoms with Gasteiger partial charge in [0.2, 0.25) is 0 Å². The van der Waals surface area contributed by atoms with Crippen LogP contribution in [0.2, 0.25) is 5.02 Å². The number of hydrogen-bond acceptors (Lipinski definition) is 1. The summed E-state index contributed by atoms with van der Waals surface area (Å²) in [6, 6.07) is 8.92. The number of aliphatic imine (C=N–C) groups is 1.